The van der Waals surface area contributed by atoms with Crippen LogP contribution in [-0.4, -0.2) is 88.5 Å². The molecule has 0 aromatic carbocycles. The van der Waals surface area contributed by atoms with Crippen molar-refractivity contribution in [1.29, 1.82) is 0 Å². The first-order chi connectivity index (χ1) is 17.8. The summed E-state index contributed by atoms with van der Waals surface area (Å²) in [4.78, 5) is 41.6. The minimum absolute atomic E-state index is 0.0741. The highest BCUT2D eigenvalue weighted by molar-refractivity contribution is 6.12. The van der Waals surface area contributed by atoms with Crippen LogP contribution in [0.4, 0.5) is 5.82 Å². The van der Waals surface area contributed by atoms with Gasteiger partial charge in [0.05, 0.1) is 0 Å². The molecule has 3 aliphatic rings. The van der Waals surface area contributed by atoms with E-state index in [1.165, 1.54) is 6.20 Å². The lowest BCUT2D eigenvalue weighted by molar-refractivity contribution is -0.130. The third kappa shape index (κ3) is 6.19. The molecule has 3 heterocycles. The maximum atomic E-state index is 12.9. The SMILES string of the molecule is C=C(/N=C1\C(=C/N)C=C(C(=O)N(C)C)N1C1CCCC1)Nc1ccc(CN2CCN(C(C)=O)CC2)cn1. The Morgan fingerprint density at radius 1 is 1.22 bits per heavy atom. The average molecular weight is 507 g/mol. The number of carbonyl (C=O) groups is 2. The van der Waals surface area contributed by atoms with E-state index in [4.69, 9.17) is 10.7 Å². The number of hydrogen-bond acceptors (Lipinski definition) is 7. The number of nitrogens with one attached hydrogen (secondary N) is 1. The zero-order valence-corrected chi connectivity index (χ0v) is 22.1. The number of aliphatic imine (C=N–C) groups is 1. The lowest BCUT2D eigenvalue weighted by atomic mass is 10.2. The second-order valence-electron chi connectivity index (χ2n) is 10.0. The van der Waals surface area contributed by atoms with E-state index in [0.29, 0.717) is 28.7 Å². The fraction of sp³-hybridized carbons (Fsp3) is 0.481. The summed E-state index contributed by atoms with van der Waals surface area (Å²) in [6.07, 6.45) is 9.41. The topological polar surface area (TPSA) is 110 Å². The molecule has 1 aliphatic carbocycles. The molecule has 10 heteroatoms. The largest absolute Gasteiger partial charge is 0.404 e. The smallest absolute Gasteiger partial charge is 0.270 e. The quantitative estimate of drug-likeness (QED) is 0.583. The zero-order valence-electron chi connectivity index (χ0n) is 22.1. The van der Waals surface area contributed by atoms with Crippen molar-refractivity contribution < 1.29 is 9.59 Å². The summed E-state index contributed by atoms with van der Waals surface area (Å²) in [5.41, 5.74) is 8.34. The number of piperazine rings is 1. The summed E-state index contributed by atoms with van der Waals surface area (Å²) in [6, 6.07) is 4.15. The Morgan fingerprint density at radius 3 is 2.49 bits per heavy atom. The standard InChI is InChI=1S/C27H38N8O2/c1-19(30-25-10-9-21(17-29-25)18-33-11-13-34(14-12-33)20(2)36)31-26-22(16-28)15-24(27(37)32(3)4)35(26)23-7-5-6-8-23/h9-10,15-17,23H,1,5-8,11-14,18,28H2,2-4H3,(H,29,30)/b22-16-,31-26+. The summed E-state index contributed by atoms with van der Waals surface area (Å²) in [5, 5.41) is 3.18. The Balaban J connectivity index is 1.43. The van der Waals surface area contributed by atoms with E-state index in [9.17, 15) is 9.59 Å². The molecule has 4 rings (SSSR count). The van der Waals surface area contributed by atoms with Gasteiger partial charge in [-0.3, -0.25) is 14.5 Å². The number of nitrogens with zero attached hydrogens (tertiary/aromatic N) is 6. The average Bonchev–Trinajstić information content (AvgIpc) is 3.53. The summed E-state index contributed by atoms with van der Waals surface area (Å²) in [5.74, 6) is 1.76. The first-order valence-corrected chi connectivity index (χ1v) is 12.9. The van der Waals surface area contributed by atoms with Crippen molar-refractivity contribution in [2.75, 3.05) is 45.6 Å². The first kappa shape index (κ1) is 26.4. The van der Waals surface area contributed by atoms with Crippen LogP contribution < -0.4 is 11.1 Å². The van der Waals surface area contributed by atoms with Gasteiger partial charge in [0.2, 0.25) is 5.91 Å². The number of pyridine rings is 1. The second kappa shape index (κ2) is 11.6. The fourth-order valence-corrected chi connectivity index (χ4v) is 5.08. The fourth-order valence-electron chi connectivity index (χ4n) is 5.08. The van der Waals surface area contributed by atoms with Crippen molar-refractivity contribution in [3.05, 3.63) is 59.8 Å². The van der Waals surface area contributed by atoms with Crippen molar-refractivity contribution >= 4 is 23.5 Å². The number of nitrogens with two attached hydrogens (primary N) is 1. The Kier molecular flexibility index (Phi) is 8.27. The Morgan fingerprint density at radius 2 is 1.92 bits per heavy atom. The van der Waals surface area contributed by atoms with E-state index in [2.05, 4.69) is 21.8 Å². The van der Waals surface area contributed by atoms with E-state index in [1.807, 2.05) is 34.2 Å². The van der Waals surface area contributed by atoms with Gasteiger partial charge in [-0.15, -0.1) is 0 Å². The Labute approximate surface area is 219 Å². The molecule has 1 aromatic rings. The molecule has 3 N–H and O–H groups in total. The Hall–Kier alpha value is -3.66. The minimum Gasteiger partial charge on any atom is -0.404 e. The third-order valence-electron chi connectivity index (χ3n) is 7.09. The number of likely N-dealkylation sites (N-methyl/N-ethyl adjacent to an activating group) is 1. The monoisotopic (exact) mass is 506 g/mol. The van der Waals surface area contributed by atoms with Crippen molar-refractivity contribution in [2.45, 2.75) is 45.2 Å². The summed E-state index contributed by atoms with van der Waals surface area (Å²) in [7, 11) is 3.50. The highest BCUT2D eigenvalue weighted by Crippen LogP contribution is 2.34. The van der Waals surface area contributed by atoms with Gasteiger partial charge in [-0.1, -0.05) is 25.5 Å². The van der Waals surface area contributed by atoms with Crippen LogP contribution in [0.5, 0.6) is 0 Å². The number of amides is 2. The summed E-state index contributed by atoms with van der Waals surface area (Å²) < 4.78 is 0. The van der Waals surface area contributed by atoms with Gasteiger partial charge in [0.25, 0.3) is 5.91 Å². The molecule has 0 bridgehead atoms. The van der Waals surface area contributed by atoms with Crippen LogP contribution in [0.2, 0.25) is 0 Å². The maximum Gasteiger partial charge on any atom is 0.270 e. The molecule has 0 atom stereocenters. The molecule has 2 fully saturated rings. The van der Waals surface area contributed by atoms with E-state index >= 15 is 0 Å². The van der Waals surface area contributed by atoms with Gasteiger partial charge in [-0.05, 0) is 30.5 Å². The van der Waals surface area contributed by atoms with Crippen LogP contribution in [-0.2, 0) is 16.1 Å². The number of anilines is 1. The minimum atomic E-state index is -0.0741. The van der Waals surface area contributed by atoms with E-state index in [1.54, 1.807) is 25.9 Å². The molecule has 1 saturated heterocycles. The molecule has 0 unspecified atom stereocenters. The zero-order chi connectivity index (χ0) is 26.5. The molecule has 2 aliphatic heterocycles. The van der Waals surface area contributed by atoms with Gasteiger partial charge in [0.15, 0.2) is 0 Å². The van der Waals surface area contributed by atoms with Gasteiger partial charge < -0.3 is 25.8 Å². The Bertz CT molecular complexity index is 1110. The number of amidine groups is 1. The van der Waals surface area contributed by atoms with Crippen LogP contribution in [0, 0.1) is 0 Å². The molecule has 0 radical (unpaired) electrons. The van der Waals surface area contributed by atoms with Crippen LogP contribution >= 0.6 is 0 Å². The summed E-state index contributed by atoms with van der Waals surface area (Å²) >= 11 is 0. The van der Waals surface area contributed by atoms with Gasteiger partial charge in [-0.2, -0.15) is 0 Å². The number of hydrogen-bond donors (Lipinski definition) is 2. The number of carbonyl (C=O) groups excluding carboxylic acids is 2. The highest BCUT2D eigenvalue weighted by Gasteiger charge is 2.37. The van der Waals surface area contributed by atoms with Crippen molar-refractivity contribution in [3.63, 3.8) is 0 Å². The van der Waals surface area contributed by atoms with E-state index in [0.717, 1.165) is 64.0 Å². The van der Waals surface area contributed by atoms with Gasteiger partial charge >= 0.3 is 0 Å². The van der Waals surface area contributed by atoms with Crippen LogP contribution in [0.15, 0.2) is 59.3 Å². The van der Waals surface area contributed by atoms with E-state index in [-0.39, 0.29) is 17.9 Å². The molecular weight excluding hydrogens is 468 g/mol. The number of rotatable bonds is 7. The molecule has 198 valence electrons. The predicted octanol–water partition coefficient (Wildman–Crippen LogP) is 2.10. The first-order valence-electron chi connectivity index (χ1n) is 12.9. The molecule has 37 heavy (non-hydrogen) atoms. The summed E-state index contributed by atoms with van der Waals surface area (Å²) in [6.45, 7) is 9.73. The van der Waals surface area contributed by atoms with E-state index < -0.39 is 0 Å². The van der Waals surface area contributed by atoms with Crippen molar-refractivity contribution in [2.24, 2.45) is 10.7 Å². The molecule has 0 spiro atoms. The molecule has 1 aromatic heterocycles. The predicted molar refractivity (Wildman–Crippen MR) is 145 cm³/mol. The normalized spacial score (nSPS) is 21.0. The van der Waals surface area contributed by atoms with Gasteiger partial charge in [0, 0.05) is 77.8 Å². The molecule has 1 saturated carbocycles. The van der Waals surface area contributed by atoms with Crippen LogP contribution in [0.25, 0.3) is 0 Å². The highest BCUT2D eigenvalue weighted by atomic mass is 16.2. The number of aromatic nitrogens is 1. The molecule has 2 amide bonds. The van der Waals surface area contributed by atoms with Gasteiger partial charge in [-0.25, -0.2) is 9.98 Å². The van der Waals surface area contributed by atoms with Crippen molar-refractivity contribution in [1.82, 2.24) is 24.6 Å². The second-order valence-corrected chi connectivity index (χ2v) is 10.0. The third-order valence-corrected chi connectivity index (χ3v) is 7.09. The molecule has 10 nitrogen and oxygen atoms in total. The maximum absolute atomic E-state index is 12.9. The van der Waals surface area contributed by atoms with Gasteiger partial charge in [0.1, 0.15) is 23.2 Å². The van der Waals surface area contributed by atoms with Crippen LogP contribution in [0.1, 0.15) is 38.2 Å². The lowest BCUT2D eigenvalue weighted by Gasteiger charge is -2.34. The van der Waals surface area contributed by atoms with Crippen LogP contribution in [0.3, 0.4) is 0 Å². The lowest BCUT2D eigenvalue weighted by Crippen LogP contribution is -2.47. The van der Waals surface area contributed by atoms with Crippen molar-refractivity contribution in [3.8, 4) is 0 Å². The molecular formula is C27H38N8O2.